The van der Waals surface area contributed by atoms with Gasteiger partial charge in [0.2, 0.25) is 0 Å². The molecule has 0 atom stereocenters. The first-order valence-electron chi connectivity index (χ1n) is 14.4. The lowest BCUT2D eigenvalue weighted by molar-refractivity contribution is -0.0885. The van der Waals surface area contributed by atoms with Crippen molar-refractivity contribution >= 4 is 44.7 Å². The summed E-state index contributed by atoms with van der Waals surface area (Å²) in [4.78, 5) is 27.6. The van der Waals surface area contributed by atoms with Crippen molar-refractivity contribution in [2.45, 2.75) is 57.4 Å². The van der Waals surface area contributed by atoms with Crippen molar-refractivity contribution < 1.29 is 36.3 Å². The largest absolute Gasteiger partial charge is 0.494 e. The minimum Gasteiger partial charge on any atom is -0.494 e. The minimum atomic E-state index is -4.98. The van der Waals surface area contributed by atoms with Crippen molar-refractivity contribution in [3.05, 3.63) is 87.3 Å². The summed E-state index contributed by atoms with van der Waals surface area (Å²) in [5.74, 6) is -3.28. The first-order valence-corrected chi connectivity index (χ1v) is 15.6. The minimum absolute atomic E-state index is 0.0328. The van der Waals surface area contributed by atoms with Crippen molar-refractivity contribution in [2.24, 2.45) is 0 Å². The van der Waals surface area contributed by atoms with Gasteiger partial charge >= 0.3 is 6.18 Å². The first-order chi connectivity index (χ1) is 21.4. The van der Waals surface area contributed by atoms with Crippen molar-refractivity contribution in [1.29, 1.82) is 0 Å². The number of amides is 1. The molecule has 5 rings (SSSR count). The van der Waals surface area contributed by atoms with Gasteiger partial charge in [-0.3, -0.25) is 9.59 Å². The fourth-order valence-corrected chi connectivity index (χ4v) is 7.25. The van der Waals surface area contributed by atoms with E-state index in [4.69, 9.17) is 16.3 Å². The molecule has 3 aromatic carbocycles. The number of thiophene rings is 1. The third-order valence-corrected chi connectivity index (χ3v) is 9.80. The van der Waals surface area contributed by atoms with Gasteiger partial charge in [0.1, 0.15) is 22.3 Å². The highest BCUT2D eigenvalue weighted by molar-refractivity contribution is 7.21. The van der Waals surface area contributed by atoms with E-state index in [0.717, 1.165) is 48.4 Å². The Labute approximate surface area is 265 Å². The third kappa shape index (κ3) is 6.85. The lowest BCUT2D eigenvalue weighted by Crippen LogP contribution is -2.44. The van der Waals surface area contributed by atoms with Crippen LogP contribution in [0.15, 0.2) is 54.6 Å². The zero-order chi connectivity index (χ0) is 32.5. The van der Waals surface area contributed by atoms with Gasteiger partial charge in [0.15, 0.2) is 0 Å². The standard InChI is InChI=1S/C33H30ClF5N2O3S/c1-3-44-26-15-8-20(18-4-6-19(7-5-18)31(42)33(37,38)39)16-21(26)17-41(23-11-9-22(40-2)10-12-23)32(43)30-28(34)27-24(35)13-14-25(36)29(27)45-30/h4-8,13-16,22-23,40H,3,9-12,17H2,1-2H3/t22-,23+. The van der Waals surface area contributed by atoms with E-state index >= 15 is 0 Å². The molecule has 4 aromatic rings. The number of carbonyl (C=O) groups is 2. The molecule has 45 heavy (non-hydrogen) atoms. The second-order valence-electron chi connectivity index (χ2n) is 10.9. The molecule has 1 fully saturated rings. The topological polar surface area (TPSA) is 58.6 Å². The molecule has 0 radical (unpaired) electrons. The highest BCUT2D eigenvalue weighted by Crippen LogP contribution is 2.41. The molecule has 0 spiro atoms. The van der Waals surface area contributed by atoms with Crippen LogP contribution in [-0.2, 0) is 6.54 Å². The van der Waals surface area contributed by atoms with Crippen molar-refractivity contribution in [3.8, 4) is 16.9 Å². The number of nitrogens with zero attached hydrogens (tertiary/aromatic N) is 1. The summed E-state index contributed by atoms with van der Waals surface area (Å²) < 4.78 is 73.9. The molecule has 0 saturated heterocycles. The van der Waals surface area contributed by atoms with Crippen LogP contribution in [0.3, 0.4) is 0 Å². The van der Waals surface area contributed by atoms with Crippen LogP contribution in [-0.4, -0.2) is 48.5 Å². The predicted octanol–water partition coefficient (Wildman–Crippen LogP) is 8.82. The Bertz CT molecular complexity index is 1720. The average molecular weight is 665 g/mol. The van der Waals surface area contributed by atoms with Crippen LogP contribution in [0.1, 0.15) is 58.2 Å². The Morgan fingerprint density at radius 3 is 2.22 bits per heavy atom. The fourth-order valence-electron chi connectivity index (χ4n) is 5.75. The molecule has 1 aliphatic rings. The number of nitrogens with one attached hydrogen (secondary N) is 1. The molecule has 1 saturated carbocycles. The fraction of sp³-hybridized carbons (Fsp3) is 0.333. The molecule has 238 valence electrons. The van der Waals surface area contributed by atoms with Crippen molar-refractivity contribution in [3.63, 3.8) is 0 Å². The van der Waals surface area contributed by atoms with Crippen LogP contribution in [0.25, 0.3) is 21.2 Å². The number of rotatable bonds is 9. The van der Waals surface area contributed by atoms with Crippen molar-refractivity contribution in [2.75, 3.05) is 13.7 Å². The molecule has 1 heterocycles. The Morgan fingerprint density at radius 2 is 1.62 bits per heavy atom. The van der Waals surface area contributed by atoms with Crippen LogP contribution in [0.4, 0.5) is 22.0 Å². The summed E-state index contributed by atoms with van der Waals surface area (Å²) >= 11 is 7.35. The zero-order valence-corrected chi connectivity index (χ0v) is 26.0. The molecular formula is C33H30ClF5N2O3S. The van der Waals surface area contributed by atoms with E-state index in [-0.39, 0.29) is 32.6 Å². The van der Waals surface area contributed by atoms with Crippen molar-refractivity contribution in [1.82, 2.24) is 10.2 Å². The monoisotopic (exact) mass is 664 g/mol. The molecule has 0 bridgehead atoms. The Hall–Kier alpha value is -3.54. The van der Waals surface area contributed by atoms with Crippen LogP contribution in [0.2, 0.25) is 5.02 Å². The predicted molar refractivity (Wildman–Crippen MR) is 165 cm³/mol. The number of halogens is 6. The summed E-state index contributed by atoms with van der Waals surface area (Å²) in [5, 5.41) is 3.00. The van der Waals surface area contributed by atoms with Gasteiger partial charge in [-0.05, 0) is 75.0 Å². The quantitative estimate of drug-likeness (QED) is 0.144. The van der Waals surface area contributed by atoms with Gasteiger partial charge in [-0.2, -0.15) is 13.2 Å². The second-order valence-corrected chi connectivity index (χ2v) is 12.3. The molecule has 12 heteroatoms. The SMILES string of the molecule is CCOc1ccc(-c2ccc(C(=O)C(F)(F)F)cc2)cc1CN(C(=O)c1sc2c(F)ccc(F)c2c1Cl)[C@H]1CC[C@@H](NC)CC1. The summed E-state index contributed by atoms with van der Waals surface area (Å²) in [6.45, 7) is 2.23. The summed E-state index contributed by atoms with van der Waals surface area (Å²) in [6.07, 6.45) is -1.99. The van der Waals surface area contributed by atoms with Crippen LogP contribution < -0.4 is 10.1 Å². The number of hydrogen-bond donors (Lipinski definition) is 1. The highest BCUT2D eigenvalue weighted by Gasteiger charge is 2.39. The normalized spacial score (nSPS) is 17.0. The number of fused-ring (bicyclic) bond motifs is 1. The van der Waals surface area contributed by atoms with E-state index in [2.05, 4.69) is 5.32 Å². The maximum Gasteiger partial charge on any atom is 0.454 e. The Kier molecular flexibility index (Phi) is 9.81. The molecule has 1 aliphatic carbocycles. The lowest BCUT2D eigenvalue weighted by Gasteiger charge is -2.37. The average Bonchev–Trinajstić information content (AvgIpc) is 3.39. The Morgan fingerprint density at radius 1 is 0.978 bits per heavy atom. The number of ketones is 1. The van der Waals surface area contributed by atoms with E-state index in [1.165, 1.54) is 12.1 Å². The summed E-state index contributed by atoms with van der Waals surface area (Å²) in [6, 6.07) is 12.4. The molecule has 1 N–H and O–H groups in total. The van der Waals surface area contributed by atoms with E-state index in [0.29, 0.717) is 47.9 Å². The van der Waals surface area contributed by atoms with Gasteiger partial charge in [0.05, 0.1) is 21.7 Å². The first kappa shape index (κ1) is 32.8. The van der Waals surface area contributed by atoms with Crippen LogP contribution in [0, 0.1) is 11.6 Å². The van der Waals surface area contributed by atoms with Gasteiger partial charge in [0.25, 0.3) is 11.7 Å². The van der Waals surface area contributed by atoms with Gasteiger partial charge in [-0.15, -0.1) is 11.3 Å². The number of ether oxygens (including phenoxy) is 1. The molecule has 0 aliphatic heterocycles. The molecular weight excluding hydrogens is 635 g/mol. The van der Waals surface area contributed by atoms with Crippen LogP contribution in [0.5, 0.6) is 5.75 Å². The van der Waals surface area contributed by atoms with Gasteiger partial charge in [-0.1, -0.05) is 41.9 Å². The van der Waals surface area contributed by atoms with E-state index in [9.17, 15) is 31.5 Å². The van der Waals surface area contributed by atoms with E-state index < -0.39 is 35.1 Å². The number of benzene rings is 3. The number of carbonyl (C=O) groups excluding carboxylic acids is 2. The highest BCUT2D eigenvalue weighted by atomic mass is 35.5. The second kappa shape index (κ2) is 13.4. The number of alkyl halides is 3. The maximum absolute atomic E-state index is 14.7. The zero-order valence-electron chi connectivity index (χ0n) is 24.4. The molecule has 1 amide bonds. The smallest absolute Gasteiger partial charge is 0.454 e. The van der Waals surface area contributed by atoms with Gasteiger partial charge in [0, 0.05) is 29.8 Å². The molecule has 5 nitrogen and oxygen atoms in total. The van der Waals surface area contributed by atoms with E-state index in [1.807, 2.05) is 14.0 Å². The number of hydrogen-bond acceptors (Lipinski definition) is 5. The summed E-state index contributed by atoms with van der Waals surface area (Å²) in [7, 11) is 1.89. The lowest BCUT2D eigenvalue weighted by atomic mass is 9.89. The van der Waals surface area contributed by atoms with Gasteiger partial charge < -0.3 is 15.0 Å². The van der Waals surface area contributed by atoms with E-state index in [1.54, 1.807) is 23.1 Å². The van der Waals surface area contributed by atoms with Gasteiger partial charge in [-0.25, -0.2) is 8.78 Å². The third-order valence-electron chi connectivity index (χ3n) is 8.12. The summed E-state index contributed by atoms with van der Waals surface area (Å²) in [5.41, 5.74) is 1.35. The number of Topliss-reactive ketones (excluding diaryl/α,β-unsaturated/α-hetero) is 1. The molecule has 1 aromatic heterocycles. The molecule has 0 unspecified atom stereocenters. The van der Waals surface area contributed by atoms with Crippen LogP contribution >= 0.6 is 22.9 Å². The maximum atomic E-state index is 14.7. The Balaban J connectivity index is 1.54.